The van der Waals surface area contributed by atoms with E-state index in [2.05, 4.69) is 11.1 Å². The number of rotatable bonds is 2. The van der Waals surface area contributed by atoms with Crippen molar-refractivity contribution in [1.29, 1.82) is 0 Å². The highest BCUT2D eigenvalue weighted by Gasteiger charge is 2.16. The van der Waals surface area contributed by atoms with E-state index in [0.717, 1.165) is 33.0 Å². The van der Waals surface area contributed by atoms with Crippen molar-refractivity contribution in [3.05, 3.63) is 41.1 Å². The molecule has 0 aliphatic carbocycles. The first-order chi connectivity index (χ1) is 8.66. The van der Waals surface area contributed by atoms with Gasteiger partial charge < -0.3 is 10.2 Å². The van der Waals surface area contributed by atoms with Gasteiger partial charge in [0, 0.05) is 16.8 Å². The van der Waals surface area contributed by atoms with Crippen LogP contribution in [-0.2, 0) is 0 Å². The van der Waals surface area contributed by atoms with Crippen molar-refractivity contribution in [2.45, 2.75) is 19.9 Å². The Balaban J connectivity index is 2.21. The van der Waals surface area contributed by atoms with Crippen LogP contribution in [0, 0.1) is 6.92 Å². The number of aryl methyl sites for hydroxylation is 1. The lowest BCUT2D eigenvalue weighted by Crippen LogP contribution is -2.04. The fourth-order valence-electron chi connectivity index (χ4n) is 2.04. The molecule has 0 fully saturated rings. The Hall–Kier alpha value is -1.65. The monoisotopic (exact) mass is 258 g/mol. The van der Waals surface area contributed by atoms with Crippen LogP contribution in [0.25, 0.3) is 21.5 Å². The molecule has 0 bridgehead atoms. The van der Waals surface area contributed by atoms with E-state index < -0.39 is 0 Å². The van der Waals surface area contributed by atoms with Gasteiger partial charge in [0.2, 0.25) is 0 Å². The molecule has 0 amide bonds. The molecular weight excluding hydrogens is 244 g/mol. The molecular formula is C14H14N2OS. The number of thiazole rings is 1. The largest absolute Gasteiger partial charge is 0.461 e. The quantitative estimate of drug-likeness (QED) is 0.758. The lowest BCUT2D eigenvalue weighted by molar-refractivity contribution is 0.580. The van der Waals surface area contributed by atoms with Gasteiger partial charge in [0.05, 0.1) is 11.3 Å². The zero-order valence-corrected chi connectivity index (χ0v) is 11.1. The van der Waals surface area contributed by atoms with E-state index in [4.69, 9.17) is 10.2 Å². The Kier molecular flexibility index (Phi) is 2.69. The van der Waals surface area contributed by atoms with E-state index >= 15 is 0 Å². The van der Waals surface area contributed by atoms with Crippen LogP contribution in [0.4, 0.5) is 0 Å². The number of aromatic nitrogens is 1. The number of furan rings is 1. The molecule has 3 aromatic rings. The summed E-state index contributed by atoms with van der Waals surface area (Å²) in [7, 11) is 0. The summed E-state index contributed by atoms with van der Waals surface area (Å²) in [6, 6.07) is 8.00. The molecule has 3 nitrogen and oxygen atoms in total. The van der Waals surface area contributed by atoms with Crippen molar-refractivity contribution in [3.63, 3.8) is 0 Å². The van der Waals surface area contributed by atoms with Gasteiger partial charge in [-0.3, -0.25) is 0 Å². The molecule has 4 heteroatoms. The fourth-order valence-corrected chi connectivity index (χ4v) is 3.07. The minimum absolute atomic E-state index is 0.0338. The Morgan fingerprint density at radius 2 is 2.11 bits per heavy atom. The first-order valence-electron chi connectivity index (χ1n) is 5.86. The zero-order chi connectivity index (χ0) is 12.7. The maximum absolute atomic E-state index is 5.85. The van der Waals surface area contributed by atoms with Crippen LogP contribution in [0.5, 0.6) is 0 Å². The van der Waals surface area contributed by atoms with E-state index in [1.54, 1.807) is 11.3 Å². The first-order valence-corrected chi connectivity index (χ1v) is 6.74. The Bertz CT molecular complexity index is 697. The Labute approximate surface area is 109 Å². The number of fused-ring (bicyclic) bond motifs is 1. The van der Waals surface area contributed by atoms with Crippen molar-refractivity contribution in [2.75, 3.05) is 0 Å². The molecule has 1 atom stereocenters. The highest BCUT2D eigenvalue weighted by atomic mass is 32.1. The average Bonchev–Trinajstić information content (AvgIpc) is 2.91. The molecule has 0 aliphatic rings. The summed E-state index contributed by atoms with van der Waals surface area (Å²) in [5.74, 6) is 0.904. The minimum Gasteiger partial charge on any atom is -0.461 e. The molecule has 92 valence electrons. The van der Waals surface area contributed by atoms with E-state index in [1.807, 2.05) is 37.4 Å². The topological polar surface area (TPSA) is 52.0 Å². The van der Waals surface area contributed by atoms with E-state index in [9.17, 15) is 0 Å². The zero-order valence-electron chi connectivity index (χ0n) is 10.3. The van der Waals surface area contributed by atoms with Gasteiger partial charge in [-0.2, -0.15) is 0 Å². The number of para-hydroxylation sites is 1. The summed E-state index contributed by atoms with van der Waals surface area (Å²) in [6.07, 6.45) is 0. The summed E-state index contributed by atoms with van der Waals surface area (Å²) in [5.41, 5.74) is 8.77. The van der Waals surface area contributed by atoms with Crippen LogP contribution in [-0.4, -0.2) is 4.98 Å². The van der Waals surface area contributed by atoms with Crippen molar-refractivity contribution >= 4 is 22.3 Å². The van der Waals surface area contributed by atoms with Crippen LogP contribution in [0.3, 0.4) is 0 Å². The van der Waals surface area contributed by atoms with Gasteiger partial charge in [0.15, 0.2) is 0 Å². The SMILES string of the molecule is Cc1oc2ccccc2c1-c1nc(C(C)N)cs1. The number of hydrogen-bond donors (Lipinski definition) is 1. The van der Waals surface area contributed by atoms with Gasteiger partial charge in [0.25, 0.3) is 0 Å². The van der Waals surface area contributed by atoms with Crippen molar-refractivity contribution in [1.82, 2.24) is 4.98 Å². The third-order valence-corrected chi connectivity index (χ3v) is 3.85. The summed E-state index contributed by atoms with van der Waals surface area (Å²) in [4.78, 5) is 4.60. The molecule has 18 heavy (non-hydrogen) atoms. The standard InChI is InChI=1S/C14H14N2OS/c1-8(15)11-7-18-14(16-11)13-9(2)17-12-6-4-3-5-10(12)13/h3-8H,15H2,1-2H3. The van der Waals surface area contributed by atoms with Crippen molar-refractivity contribution in [3.8, 4) is 10.6 Å². The third-order valence-electron chi connectivity index (χ3n) is 2.97. The second-order valence-corrected chi connectivity index (χ2v) is 5.25. The molecule has 0 radical (unpaired) electrons. The maximum Gasteiger partial charge on any atom is 0.135 e. The third kappa shape index (κ3) is 1.74. The first kappa shape index (κ1) is 11.4. The van der Waals surface area contributed by atoms with Crippen LogP contribution in [0.1, 0.15) is 24.4 Å². The normalized spacial score (nSPS) is 13.1. The molecule has 3 rings (SSSR count). The summed E-state index contributed by atoms with van der Waals surface area (Å²) in [6.45, 7) is 3.92. The molecule has 2 heterocycles. The number of hydrogen-bond acceptors (Lipinski definition) is 4. The molecule has 2 N–H and O–H groups in total. The van der Waals surface area contributed by atoms with E-state index in [0.29, 0.717) is 0 Å². The van der Waals surface area contributed by atoms with Crippen LogP contribution in [0.15, 0.2) is 34.1 Å². The molecule has 0 saturated heterocycles. The van der Waals surface area contributed by atoms with Gasteiger partial charge in [-0.1, -0.05) is 18.2 Å². The minimum atomic E-state index is -0.0338. The Morgan fingerprint density at radius 1 is 1.33 bits per heavy atom. The van der Waals surface area contributed by atoms with Crippen molar-refractivity contribution < 1.29 is 4.42 Å². The highest BCUT2D eigenvalue weighted by molar-refractivity contribution is 7.13. The summed E-state index contributed by atoms with van der Waals surface area (Å²) in [5, 5.41) is 4.10. The molecule has 1 aromatic carbocycles. The Morgan fingerprint density at radius 3 is 2.83 bits per heavy atom. The van der Waals surface area contributed by atoms with E-state index in [-0.39, 0.29) is 6.04 Å². The number of nitrogens with two attached hydrogens (primary N) is 1. The van der Waals surface area contributed by atoms with Crippen LogP contribution < -0.4 is 5.73 Å². The second-order valence-electron chi connectivity index (χ2n) is 4.40. The van der Waals surface area contributed by atoms with Crippen LogP contribution >= 0.6 is 11.3 Å². The summed E-state index contributed by atoms with van der Waals surface area (Å²) < 4.78 is 5.76. The lowest BCUT2D eigenvalue weighted by atomic mass is 10.1. The van der Waals surface area contributed by atoms with Gasteiger partial charge in [-0.15, -0.1) is 11.3 Å². The molecule has 2 aromatic heterocycles. The van der Waals surface area contributed by atoms with Crippen molar-refractivity contribution in [2.24, 2.45) is 5.73 Å². The molecule has 0 saturated carbocycles. The number of benzene rings is 1. The lowest BCUT2D eigenvalue weighted by Gasteiger charge is -1.98. The molecule has 0 aliphatic heterocycles. The van der Waals surface area contributed by atoms with Gasteiger partial charge in [0.1, 0.15) is 16.4 Å². The smallest absolute Gasteiger partial charge is 0.135 e. The van der Waals surface area contributed by atoms with Crippen LogP contribution in [0.2, 0.25) is 0 Å². The molecule has 0 spiro atoms. The van der Waals surface area contributed by atoms with Gasteiger partial charge >= 0.3 is 0 Å². The average molecular weight is 258 g/mol. The number of nitrogens with zero attached hydrogens (tertiary/aromatic N) is 1. The van der Waals surface area contributed by atoms with Gasteiger partial charge in [-0.25, -0.2) is 4.98 Å². The predicted molar refractivity (Wildman–Crippen MR) is 74.7 cm³/mol. The predicted octanol–water partition coefficient (Wildman–Crippen LogP) is 3.88. The highest BCUT2D eigenvalue weighted by Crippen LogP contribution is 2.36. The second kappa shape index (κ2) is 4.23. The van der Waals surface area contributed by atoms with E-state index in [1.165, 1.54) is 0 Å². The maximum atomic E-state index is 5.85. The fraction of sp³-hybridized carbons (Fsp3) is 0.214. The van der Waals surface area contributed by atoms with Gasteiger partial charge in [-0.05, 0) is 19.9 Å². The molecule has 1 unspecified atom stereocenters. The summed E-state index contributed by atoms with van der Waals surface area (Å²) >= 11 is 1.61.